The van der Waals surface area contributed by atoms with E-state index < -0.39 is 0 Å². The highest BCUT2D eigenvalue weighted by atomic mass is 16.2. The molecule has 17 heavy (non-hydrogen) atoms. The first kappa shape index (κ1) is 14.0. The van der Waals surface area contributed by atoms with E-state index in [9.17, 15) is 9.59 Å². The largest absolute Gasteiger partial charge is 0.355 e. The van der Waals surface area contributed by atoms with Gasteiger partial charge in [0, 0.05) is 13.0 Å². The van der Waals surface area contributed by atoms with Crippen molar-refractivity contribution in [3.05, 3.63) is 0 Å². The number of carbonyl (C=O) groups is 2. The number of hydrogen-bond donors (Lipinski definition) is 3. The summed E-state index contributed by atoms with van der Waals surface area (Å²) < 4.78 is 0. The van der Waals surface area contributed by atoms with Crippen LogP contribution < -0.4 is 16.0 Å². The fraction of sp³-hybridized carbons (Fsp3) is 0.833. The third-order valence-electron chi connectivity index (χ3n) is 3.00. The second-order valence-electron chi connectivity index (χ2n) is 4.48. The molecule has 0 aromatic heterocycles. The van der Waals surface area contributed by atoms with Crippen molar-refractivity contribution in [1.29, 1.82) is 0 Å². The Morgan fingerprint density at radius 2 is 2.12 bits per heavy atom. The van der Waals surface area contributed by atoms with E-state index in [-0.39, 0.29) is 18.4 Å². The lowest BCUT2D eigenvalue weighted by Crippen LogP contribution is -2.37. The first-order chi connectivity index (χ1) is 8.22. The quantitative estimate of drug-likeness (QED) is 0.614. The van der Waals surface area contributed by atoms with Gasteiger partial charge in [0.2, 0.25) is 11.8 Å². The Morgan fingerprint density at radius 1 is 1.29 bits per heavy atom. The van der Waals surface area contributed by atoms with Crippen LogP contribution in [0.1, 0.15) is 32.6 Å². The molecular formula is C12H23N3O2. The fourth-order valence-electron chi connectivity index (χ4n) is 2.03. The Hall–Kier alpha value is -1.10. The van der Waals surface area contributed by atoms with Crippen LogP contribution >= 0.6 is 0 Å². The van der Waals surface area contributed by atoms with Crippen molar-refractivity contribution in [1.82, 2.24) is 16.0 Å². The summed E-state index contributed by atoms with van der Waals surface area (Å²) in [6.07, 6.45) is 3.84. The molecule has 0 aliphatic carbocycles. The van der Waals surface area contributed by atoms with Crippen molar-refractivity contribution < 1.29 is 9.59 Å². The molecule has 5 nitrogen and oxygen atoms in total. The summed E-state index contributed by atoms with van der Waals surface area (Å²) in [5, 5.41) is 8.61. The first-order valence-corrected chi connectivity index (χ1v) is 6.46. The van der Waals surface area contributed by atoms with Gasteiger partial charge in [-0.3, -0.25) is 9.59 Å². The van der Waals surface area contributed by atoms with Crippen LogP contribution in [0.5, 0.6) is 0 Å². The molecular weight excluding hydrogens is 218 g/mol. The Morgan fingerprint density at radius 3 is 2.76 bits per heavy atom. The molecule has 0 aromatic rings. The average molecular weight is 241 g/mol. The summed E-state index contributed by atoms with van der Waals surface area (Å²) >= 11 is 0. The van der Waals surface area contributed by atoms with Crippen molar-refractivity contribution in [2.45, 2.75) is 32.6 Å². The van der Waals surface area contributed by atoms with Gasteiger partial charge in [-0.15, -0.1) is 0 Å². The van der Waals surface area contributed by atoms with E-state index in [4.69, 9.17) is 0 Å². The number of hydrogen-bond acceptors (Lipinski definition) is 3. The molecule has 1 fully saturated rings. The van der Waals surface area contributed by atoms with Crippen molar-refractivity contribution in [2.75, 3.05) is 26.2 Å². The van der Waals surface area contributed by atoms with Gasteiger partial charge in [-0.1, -0.05) is 0 Å². The van der Waals surface area contributed by atoms with E-state index in [1.165, 1.54) is 12.8 Å². The lowest BCUT2D eigenvalue weighted by atomic mass is 9.94. The van der Waals surface area contributed by atoms with Crippen LogP contribution in [0.2, 0.25) is 0 Å². The van der Waals surface area contributed by atoms with E-state index in [1.807, 2.05) is 6.92 Å². The van der Waals surface area contributed by atoms with Crippen LogP contribution in [0, 0.1) is 5.92 Å². The standard InChI is InChI=1S/C12H23N3O2/c1-2-14-12(17)9-15-11(16)6-5-10-4-3-7-13-8-10/h10,13H,2-9H2,1H3,(H,14,17)(H,15,16). The molecule has 98 valence electrons. The minimum absolute atomic E-state index is 0.0261. The maximum absolute atomic E-state index is 11.5. The van der Waals surface area contributed by atoms with Crippen LogP contribution in [0.15, 0.2) is 0 Å². The molecule has 0 spiro atoms. The lowest BCUT2D eigenvalue weighted by Gasteiger charge is -2.22. The predicted octanol–water partition coefficient (Wildman–Crippen LogP) is 0.0185. The van der Waals surface area contributed by atoms with Gasteiger partial charge < -0.3 is 16.0 Å². The first-order valence-electron chi connectivity index (χ1n) is 6.46. The Bertz CT molecular complexity index is 250. The molecule has 1 saturated heterocycles. The Balaban J connectivity index is 2.06. The summed E-state index contributed by atoms with van der Waals surface area (Å²) in [6, 6.07) is 0. The molecule has 1 atom stereocenters. The maximum atomic E-state index is 11.5. The molecule has 1 aliphatic rings. The normalized spacial score (nSPS) is 19.7. The summed E-state index contributed by atoms with van der Waals surface area (Å²) in [5.41, 5.74) is 0. The molecule has 2 amide bonds. The van der Waals surface area contributed by atoms with Crippen LogP contribution in [0.25, 0.3) is 0 Å². The van der Waals surface area contributed by atoms with Gasteiger partial charge in [-0.05, 0) is 45.2 Å². The van der Waals surface area contributed by atoms with E-state index in [1.54, 1.807) is 0 Å². The number of rotatable bonds is 6. The van der Waals surface area contributed by atoms with Crippen LogP contribution in [0.3, 0.4) is 0 Å². The molecule has 3 N–H and O–H groups in total. The van der Waals surface area contributed by atoms with Crippen molar-refractivity contribution in [3.8, 4) is 0 Å². The molecule has 0 saturated carbocycles. The predicted molar refractivity (Wildman–Crippen MR) is 66.5 cm³/mol. The molecule has 1 rings (SSSR count). The highest BCUT2D eigenvalue weighted by Crippen LogP contribution is 2.15. The lowest BCUT2D eigenvalue weighted by molar-refractivity contribution is -0.126. The molecule has 0 bridgehead atoms. The Kier molecular flexibility index (Phi) is 6.62. The zero-order valence-corrected chi connectivity index (χ0v) is 10.6. The zero-order chi connectivity index (χ0) is 12.5. The minimum Gasteiger partial charge on any atom is -0.355 e. The third kappa shape index (κ3) is 6.26. The van der Waals surface area contributed by atoms with Gasteiger partial charge in [0.05, 0.1) is 6.54 Å². The molecule has 5 heteroatoms. The number of likely N-dealkylation sites (N-methyl/N-ethyl adjacent to an activating group) is 1. The van der Waals surface area contributed by atoms with Gasteiger partial charge in [0.1, 0.15) is 0 Å². The molecule has 1 aliphatic heterocycles. The summed E-state index contributed by atoms with van der Waals surface area (Å²) in [6.45, 7) is 4.66. The second-order valence-corrected chi connectivity index (χ2v) is 4.48. The van der Waals surface area contributed by atoms with Gasteiger partial charge in [-0.2, -0.15) is 0 Å². The van der Waals surface area contributed by atoms with Crippen molar-refractivity contribution >= 4 is 11.8 Å². The fourth-order valence-corrected chi connectivity index (χ4v) is 2.03. The zero-order valence-electron chi connectivity index (χ0n) is 10.6. The molecule has 0 radical (unpaired) electrons. The number of carbonyl (C=O) groups excluding carboxylic acids is 2. The smallest absolute Gasteiger partial charge is 0.239 e. The van der Waals surface area contributed by atoms with Crippen molar-refractivity contribution in [3.63, 3.8) is 0 Å². The van der Waals surface area contributed by atoms with Crippen LogP contribution in [-0.2, 0) is 9.59 Å². The summed E-state index contributed by atoms with van der Waals surface area (Å²) in [5.74, 6) is 0.459. The Labute approximate surface area is 103 Å². The average Bonchev–Trinajstić information content (AvgIpc) is 2.35. The van der Waals surface area contributed by atoms with Crippen LogP contribution in [0.4, 0.5) is 0 Å². The molecule has 0 aromatic carbocycles. The third-order valence-corrected chi connectivity index (χ3v) is 3.00. The van der Waals surface area contributed by atoms with Gasteiger partial charge in [-0.25, -0.2) is 0 Å². The summed E-state index contributed by atoms with van der Waals surface area (Å²) in [7, 11) is 0. The van der Waals surface area contributed by atoms with E-state index in [2.05, 4.69) is 16.0 Å². The van der Waals surface area contributed by atoms with E-state index in [0.717, 1.165) is 19.5 Å². The monoisotopic (exact) mass is 241 g/mol. The molecule has 1 unspecified atom stereocenters. The highest BCUT2D eigenvalue weighted by Gasteiger charge is 2.14. The topological polar surface area (TPSA) is 70.2 Å². The van der Waals surface area contributed by atoms with E-state index in [0.29, 0.717) is 18.9 Å². The van der Waals surface area contributed by atoms with Gasteiger partial charge >= 0.3 is 0 Å². The highest BCUT2D eigenvalue weighted by molar-refractivity contribution is 5.84. The SMILES string of the molecule is CCNC(=O)CNC(=O)CCC1CCCNC1. The number of amides is 2. The number of piperidine rings is 1. The van der Waals surface area contributed by atoms with Gasteiger partial charge in [0.25, 0.3) is 0 Å². The minimum atomic E-state index is -0.125. The molecule has 1 heterocycles. The number of nitrogens with one attached hydrogen (secondary N) is 3. The van der Waals surface area contributed by atoms with E-state index >= 15 is 0 Å². The van der Waals surface area contributed by atoms with Gasteiger partial charge in [0.15, 0.2) is 0 Å². The van der Waals surface area contributed by atoms with Crippen molar-refractivity contribution in [2.24, 2.45) is 5.92 Å². The second kappa shape index (κ2) is 8.06. The van der Waals surface area contributed by atoms with Crippen LogP contribution in [-0.4, -0.2) is 38.0 Å². The maximum Gasteiger partial charge on any atom is 0.239 e. The summed E-state index contributed by atoms with van der Waals surface area (Å²) in [4.78, 5) is 22.6.